The Labute approximate surface area is 146 Å². The van der Waals surface area contributed by atoms with Crippen molar-refractivity contribution in [2.24, 2.45) is 0 Å². The van der Waals surface area contributed by atoms with E-state index in [1.165, 1.54) is 11.1 Å². The molecule has 1 aromatic carbocycles. The lowest BCUT2D eigenvalue weighted by Gasteiger charge is -2.15. The van der Waals surface area contributed by atoms with Crippen molar-refractivity contribution in [2.45, 2.75) is 25.3 Å². The van der Waals surface area contributed by atoms with Gasteiger partial charge in [0.15, 0.2) is 0 Å². The summed E-state index contributed by atoms with van der Waals surface area (Å²) in [7, 11) is 3.67. The number of hydrogen-bond donors (Lipinski definition) is 3. The van der Waals surface area contributed by atoms with Crippen molar-refractivity contribution >= 4 is 17.9 Å². The molecule has 3 rings (SSSR count). The van der Waals surface area contributed by atoms with Crippen molar-refractivity contribution in [3.8, 4) is 0 Å². The van der Waals surface area contributed by atoms with Gasteiger partial charge in [0, 0.05) is 27.1 Å². The van der Waals surface area contributed by atoms with Crippen LogP contribution in [0.5, 0.6) is 0 Å². The first-order valence-electron chi connectivity index (χ1n) is 8.33. The van der Waals surface area contributed by atoms with Gasteiger partial charge in [0.25, 0.3) is 0 Å². The molecule has 1 heterocycles. The summed E-state index contributed by atoms with van der Waals surface area (Å²) < 4.78 is 0. The normalized spacial score (nSPS) is 15.5. The van der Waals surface area contributed by atoms with E-state index in [4.69, 9.17) is 5.73 Å². The number of nitrogens with one attached hydrogen (secondary N) is 2. The molecule has 0 unspecified atom stereocenters. The van der Waals surface area contributed by atoms with E-state index < -0.39 is 0 Å². The predicted molar refractivity (Wildman–Crippen MR) is 96.3 cm³/mol. The van der Waals surface area contributed by atoms with Crippen molar-refractivity contribution in [1.82, 2.24) is 25.6 Å². The minimum absolute atomic E-state index is 0.0735. The highest BCUT2D eigenvalue weighted by molar-refractivity contribution is 5.74. The highest BCUT2D eigenvalue weighted by Gasteiger charge is 2.23. The van der Waals surface area contributed by atoms with E-state index in [-0.39, 0.29) is 18.0 Å². The van der Waals surface area contributed by atoms with E-state index in [0.717, 1.165) is 12.8 Å². The number of anilines is 2. The fourth-order valence-corrected chi connectivity index (χ4v) is 2.94. The van der Waals surface area contributed by atoms with E-state index in [9.17, 15) is 4.79 Å². The summed E-state index contributed by atoms with van der Waals surface area (Å²) in [6, 6.07) is 8.11. The maximum Gasteiger partial charge on any atom is 0.315 e. The third-order valence-corrected chi connectivity index (χ3v) is 4.16. The summed E-state index contributed by atoms with van der Waals surface area (Å²) in [4.78, 5) is 26.4. The Morgan fingerprint density at radius 1 is 1.28 bits per heavy atom. The van der Waals surface area contributed by atoms with E-state index in [1.54, 1.807) is 4.90 Å². The monoisotopic (exact) mass is 341 g/mol. The van der Waals surface area contributed by atoms with Gasteiger partial charge in [0.2, 0.25) is 11.9 Å². The van der Waals surface area contributed by atoms with Gasteiger partial charge >= 0.3 is 6.03 Å². The number of nitrogens with two attached hydrogens (primary N) is 1. The molecule has 8 nitrogen and oxygen atoms in total. The second kappa shape index (κ2) is 7.33. The number of benzene rings is 1. The lowest BCUT2D eigenvalue weighted by molar-refractivity contribution is 0.237. The molecule has 1 atom stereocenters. The van der Waals surface area contributed by atoms with Crippen LogP contribution in [0.15, 0.2) is 24.3 Å². The molecular weight excluding hydrogens is 318 g/mol. The Balaban J connectivity index is 1.51. The molecule has 1 aliphatic rings. The Morgan fingerprint density at radius 2 is 2.08 bits per heavy atom. The average Bonchev–Trinajstić information content (AvgIpc) is 2.97. The van der Waals surface area contributed by atoms with E-state index in [2.05, 4.69) is 37.7 Å². The molecular formula is C17H23N7O. The van der Waals surface area contributed by atoms with Crippen LogP contribution in [0, 0.1) is 0 Å². The van der Waals surface area contributed by atoms with Gasteiger partial charge in [-0.3, -0.25) is 0 Å². The zero-order valence-corrected chi connectivity index (χ0v) is 14.5. The molecule has 8 heteroatoms. The van der Waals surface area contributed by atoms with Crippen LogP contribution in [0.2, 0.25) is 0 Å². The standard InChI is InChI=1S/C17H23N7O/c1-24(2)16-22-14(21-15(18)23-16)9-10-19-17(25)20-13-8-7-11-5-3-4-6-12(11)13/h3-6,13H,7-10H2,1-2H3,(H2,19,20,25)(H2,18,21,22,23)/t13-/m1/s1. The molecule has 0 aliphatic heterocycles. The number of rotatable bonds is 5. The van der Waals surface area contributed by atoms with Crippen LogP contribution in [-0.2, 0) is 12.8 Å². The highest BCUT2D eigenvalue weighted by atomic mass is 16.2. The molecule has 132 valence electrons. The summed E-state index contributed by atoms with van der Waals surface area (Å²) in [6.07, 6.45) is 2.42. The number of aryl methyl sites for hydroxylation is 1. The molecule has 0 saturated heterocycles. The quantitative estimate of drug-likeness (QED) is 0.750. The van der Waals surface area contributed by atoms with Crippen LogP contribution in [0.1, 0.15) is 29.4 Å². The molecule has 25 heavy (non-hydrogen) atoms. The second-order valence-corrected chi connectivity index (χ2v) is 6.24. The first kappa shape index (κ1) is 16.9. The molecule has 0 saturated carbocycles. The number of carbonyl (C=O) groups is 1. The molecule has 1 aliphatic carbocycles. The van der Waals surface area contributed by atoms with E-state index in [0.29, 0.717) is 24.7 Å². The van der Waals surface area contributed by atoms with Crippen molar-refractivity contribution in [1.29, 1.82) is 0 Å². The predicted octanol–water partition coefficient (Wildman–Crippen LogP) is 1.05. The number of fused-ring (bicyclic) bond motifs is 1. The van der Waals surface area contributed by atoms with Gasteiger partial charge in [0.1, 0.15) is 5.82 Å². The van der Waals surface area contributed by atoms with Crippen LogP contribution in [0.4, 0.5) is 16.7 Å². The van der Waals surface area contributed by atoms with Crippen LogP contribution in [0.25, 0.3) is 0 Å². The van der Waals surface area contributed by atoms with Gasteiger partial charge in [-0.25, -0.2) is 4.79 Å². The van der Waals surface area contributed by atoms with Crippen molar-refractivity contribution in [3.63, 3.8) is 0 Å². The molecule has 0 radical (unpaired) electrons. The first-order chi connectivity index (χ1) is 12.0. The van der Waals surface area contributed by atoms with Gasteiger partial charge in [-0.2, -0.15) is 15.0 Å². The Bertz CT molecular complexity index is 762. The summed E-state index contributed by atoms with van der Waals surface area (Å²) in [5.41, 5.74) is 8.21. The Hall–Kier alpha value is -2.90. The largest absolute Gasteiger partial charge is 0.368 e. The molecule has 4 N–H and O–H groups in total. The highest BCUT2D eigenvalue weighted by Crippen LogP contribution is 2.30. The lowest BCUT2D eigenvalue weighted by Crippen LogP contribution is -2.38. The molecule has 0 fully saturated rings. The summed E-state index contributed by atoms with van der Waals surface area (Å²) >= 11 is 0. The Kier molecular flexibility index (Phi) is 4.97. The number of nitrogens with zero attached hydrogens (tertiary/aromatic N) is 4. The summed E-state index contributed by atoms with van der Waals surface area (Å²) in [5, 5.41) is 5.88. The average molecular weight is 341 g/mol. The molecule has 1 aromatic heterocycles. The van der Waals surface area contributed by atoms with Crippen molar-refractivity contribution in [3.05, 3.63) is 41.2 Å². The van der Waals surface area contributed by atoms with Crippen molar-refractivity contribution < 1.29 is 4.79 Å². The minimum atomic E-state index is -0.184. The second-order valence-electron chi connectivity index (χ2n) is 6.24. The van der Waals surface area contributed by atoms with Crippen molar-refractivity contribution in [2.75, 3.05) is 31.3 Å². The smallest absolute Gasteiger partial charge is 0.315 e. The maximum absolute atomic E-state index is 12.1. The van der Waals surface area contributed by atoms with Crippen LogP contribution in [-0.4, -0.2) is 41.6 Å². The van der Waals surface area contributed by atoms with E-state index >= 15 is 0 Å². The number of hydrogen-bond acceptors (Lipinski definition) is 6. The summed E-state index contributed by atoms with van der Waals surface area (Å²) in [6.45, 7) is 0.427. The van der Waals surface area contributed by atoms with Gasteiger partial charge in [-0.1, -0.05) is 24.3 Å². The third-order valence-electron chi connectivity index (χ3n) is 4.16. The molecule has 0 bridgehead atoms. The Morgan fingerprint density at radius 3 is 2.88 bits per heavy atom. The zero-order chi connectivity index (χ0) is 17.8. The van der Waals surface area contributed by atoms with E-state index in [1.807, 2.05) is 26.2 Å². The topological polar surface area (TPSA) is 109 Å². The third kappa shape index (κ3) is 4.14. The molecule has 2 aromatic rings. The van der Waals surface area contributed by atoms with Crippen LogP contribution >= 0.6 is 0 Å². The first-order valence-corrected chi connectivity index (χ1v) is 8.33. The van der Waals surface area contributed by atoms with Gasteiger partial charge in [0.05, 0.1) is 6.04 Å². The SMILES string of the molecule is CN(C)c1nc(N)nc(CCNC(=O)N[C@@H]2CCc3ccccc32)n1. The maximum atomic E-state index is 12.1. The fourth-order valence-electron chi connectivity index (χ4n) is 2.94. The fraction of sp³-hybridized carbons (Fsp3) is 0.412. The minimum Gasteiger partial charge on any atom is -0.368 e. The zero-order valence-electron chi connectivity index (χ0n) is 14.5. The number of amides is 2. The number of aromatic nitrogens is 3. The van der Waals surface area contributed by atoms with Crippen LogP contribution in [0.3, 0.4) is 0 Å². The summed E-state index contributed by atoms with van der Waals surface area (Å²) in [5.74, 6) is 1.25. The number of nitrogen functional groups attached to an aromatic ring is 1. The van der Waals surface area contributed by atoms with Gasteiger partial charge in [-0.05, 0) is 24.0 Å². The number of urea groups is 1. The molecule has 2 amide bonds. The lowest BCUT2D eigenvalue weighted by atomic mass is 10.1. The number of carbonyl (C=O) groups excluding carboxylic acids is 1. The van der Waals surface area contributed by atoms with Crippen LogP contribution < -0.4 is 21.3 Å². The molecule has 0 spiro atoms. The van der Waals surface area contributed by atoms with Gasteiger partial charge < -0.3 is 21.3 Å². The van der Waals surface area contributed by atoms with Gasteiger partial charge in [-0.15, -0.1) is 0 Å².